The number of thiophene rings is 1. The predicted molar refractivity (Wildman–Crippen MR) is 121 cm³/mol. The van der Waals surface area contributed by atoms with Crippen molar-refractivity contribution in [3.8, 4) is 5.75 Å². The Morgan fingerprint density at radius 3 is 2.72 bits per heavy atom. The molecular formula is C23H28N2O2S2. The van der Waals surface area contributed by atoms with Crippen LogP contribution in [0.2, 0.25) is 0 Å². The topological polar surface area (TPSA) is 42.4 Å². The lowest BCUT2D eigenvalue weighted by Gasteiger charge is -2.27. The smallest absolute Gasteiger partial charge is 0.264 e. The number of nitrogens with zero attached hydrogens (tertiary/aromatic N) is 2. The van der Waals surface area contributed by atoms with Gasteiger partial charge in [0.2, 0.25) is 0 Å². The molecule has 0 unspecified atom stereocenters. The van der Waals surface area contributed by atoms with Gasteiger partial charge in [-0.1, -0.05) is 19.1 Å². The molecule has 0 aliphatic heterocycles. The van der Waals surface area contributed by atoms with Crippen LogP contribution >= 0.6 is 22.7 Å². The van der Waals surface area contributed by atoms with Crippen LogP contribution in [0.4, 0.5) is 0 Å². The highest BCUT2D eigenvalue weighted by Crippen LogP contribution is 2.25. The molecule has 3 rings (SSSR count). The molecule has 0 aliphatic carbocycles. The van der Waals surface area contributed by atoms with E-state index in [0.717, 1.165) is 33.3 Å². The van der Waals surface area contributed by atoms with E-state index in [1.54, 1.807) is 11.3 Å². The largest absolute Gasteiger partial charge is 0.486 e. The second kappa shape index (κ2) is 9.55. The lowest BCUT2D eigenvalue weighted by atomic mass is 10.1. The minimum Gasteiger partial charge on any atom is -0.486 e. The Bertz CT molecular complexity index is 963. The Morgan fingerprint density at radius 1 is 1.24 bits per heavy atom. The molecular weight excluding hydrogens is 400 g/mol. The van der Waals surface area contributed by atoms with Gasteiger partial charge in [-0.05, 0) is 68.3 Å². The monoisotopic (exact) mass is 428 g/mol. The van der Waals surface area contributed by atoms with Gasteiger partial charge in [-0.2, -0.15) is 0 Å². The van der Waals surface area contributed by atoms with Crippen molar-refractivity contribution in [2.45, 2.75) is 60.2 Å². The number of rotatable bonds is 8. The Balaban J connectivity index is 1.69. The van der Waals surface area contributed by atoms with Crippen LogP contribution in [0.5, 0.6) is 5.75 Å². The average Bonchev–Trinajstić information content (AvgIpc) is 3.38. The predicted octanol–water partition coefficient (Wildman–Crippen LogP) is 6.15. The van der Waals surface area contributed by atoms with E-state index in [0.29, 0.717) is 13.2 Å². The molecule has 0 saturated carbocycles. The molecule has 0 aliphatic rings. The maximum atomic E-state index is 12.9. The van der Waals surface area contributed by atoms with E-state index in [-0.39, 0.29) is 11.9 Å². The minimum atomic E-state index is 0.0750. The molecule has 1 aromatic carbocycles. The quantitative estimate of drug-likeness (QED) is 0.432. The van der Waals surface area contributed by atoms with Crippen LogP contribution in [0.1, 0.15) is 57.3 Å². The number of aromatic nitrogens is 1. The zero-order valence-electron chi connectivity index (χ0n) is 17.7. The first-order valence-electron chi connectivity index (χ1n) is 9.87. The summed E-state index contributed by atoms with van der Waals surface area (Å²) in [5, 5.41) is 4.89. The molecule has 0 radical (unpaired) electrons. The van der Waals surface area contributed by atoms with Gasteiger partial charge in [0.15, 0.2) is 0 Å². The van der Waals surface area contributed by atoms with Crippen LogP contribution in [-0.4, -0.2) is 21.8 Å². The zero-order chi connectivity index (χ0) is 21.0. The summed E-state index contributed by atoms with van der Waals surface area (Å²) in [7, 11) is 0. The third-order valence-corrected chi connectivity index (χ3v) is 6.89. The zero-order valence-corrected chi connectivity index (χ0v) is 19.3. The third-order valence-electron chi connectivity index (χ3n) is 5.16. The lowest BCUT2D eigenvalue weighted by molar-refractivity contribution is 0.0674. The minimum absolute atomic E-state index is 0.0750. The molecule has 0 N–H and O–H groups in total. The van der Waals surface area contributed by atoms with Gasteiger partial charge >= 0.3 is 0 Å². The molecule has 154 valence electrons. The summed E-state index contributed by atoms with van der Waals surface area (Å²) >= 11 is 3.07. The molecule has 4 nitrogen and oxygen atoms in total. The fourth-order valence-corrected chi connectivity index (χ4v) is 4.52. The van der Waals surface area contributed by atoms with E-state index < -0.39 is 0 Å². The molecule has 1 amide bonds. The Labute approximate surface area is 181 Å². The Morgan fingerprint density at radius 2 is 2.03 bits per heavy atom. The number of carbonyl (C=O) groups is 1. The van der Waals surface area contributed by atoms with E-state index >= 15 is 0 Å². The van der Waals surface area contributed by atoms with Crippen LogP contribution in [0.3, 0.4) is 0 Å². The second-order valence-electron chi connectivity index (χ2n) is 7.39. The van der Waals surface area contributed by atoms with E-state index in [2.05, 4.69) is 46.8 Å². The molecule has 29 heavy (non-hydrogen) atoms. The molecule has 0 bridgehead atoms. The average molecular weight is 429 g/mol. The number of aryl methyl sites for hydroxylation is 2. The highest BCUT2D eigenvalue weighted by Gasteiger charge is 2.22. The third kappa shape index (κ3) is 5.25. The fourth-order valence-electron chi connectivity index (χ4n) is 3.14. The van der Waals surface area contributed by atoms with Gasteiger partial charge in [0.05, 0.1) is 17.1 Å². The van der Waals surface area contributed by atoms with Crippen LogP contribution in [0.15, 0.2) is 35.0 Å². The van der Waals surface area contributed by atoms with Crippen molar-refractivity contribution in [2.75, 3.05) is 0 Å². The van der Waals surface area contributed by atoms with Crippen LogP contribution in [0, 0.1) is 20.8 Å². The van der Waals surface area contributed by atoms with Gasteiger partial charge in [0.25, 0.3) is 5.91 Å². The number of amides is 1. The molecule has 1 atom stereocenters. The highest BCUT2D eigenvalue weighted by atomic mass is 32.1. The van der Waals surface area contributed by atoms with Crippen LogP contribution in [-0.2, 0) is 13.2 Å². The number of ether oxygens (including phenoxy) is 1. The SMILES string of the molecule is CC[C@H](C)N(Cc1csc(COc2cc(C)cc(C)c2C)n1)C(=O)c1cccs1. The van der Waals surface area contributed by atoms with Gasteiger partial charge < -0.3 is 9.64 Å². The summed E-state index contributed by atoms with van der Waals surface area (Å²) in [5.41, 5.74) is 4.50. The standard InChI is InChI=1S/C23H28N2O2S2/c1-6-17(4)25(23(26)21-8-7-9-28-21)12-19-14-29-22(24-19)13-27-20-11-15(2)10-16(3)18(20)5/h7-11,14,17H,6,12-13H2,1-5H3/t17-/m0/s1. The molecule has 2 heterocycles. The molecule has 0 fully saturated rings. The first-order chi connectivity index (χ1) is 13.9. The summed E-state index contributed by atoms with van der Waals surface area (Å²) in [5.74, 6) is 0.986. The summed E-state index contributed by atoms with van der Waals surface area (Å²) in [4.78, 5) is 20.3. The van der Waals surface area contributed by atoms with Gasteiger partial charge in [-0.3, -0.25) is 4.79 Å². The lowest BCUT2D eigenvalue weighted by Crippen LogP contribution is -2.37. The maximum Gasteiger partial charge on any atom is 0.264 e. The number of hydrogen-bond acceptors (Lipinski definition) is 5. The van der Waals surface area contributed by atoms with Gasteiger partial charge in [-0.15, -0.1) is 22.7 Å². The van der Waals surface area contributed by atoms with Crippen LogP contribution < -0.4 is 4.74 Å². The molecule has 0 spiro atoms. The fraction of sp³-hybridized carbons (Fsp3) is 0.391. The van der Waals surface area contributed by atoms with Gasteiger partial charge in [0.1, 0.15) is 17.4 Å². The van der Waals surface area contributed by atoms with E-state index in [9.17, 15) is 4.79 Å². The van der Waals surface area contributed by atoms with E-state index in [1.807, 2.05) is 27.8 Å². The summed E-state index contributed by atoms with van der Waals surface area (Å²) in [6, 6.07) is 8.19. The van der Waals surface area contributed by atoms with Crippen LogP contribution in [0.25, 0.3) is 0 Å². The van der Waals surface area contributed by atoms with Crippen molar-refractivity contribution in [3.05, 3.63) is 67.3 Å². The molecule has 6 heteroatoms. The maximum absolute atomic E-state index is 12.9. The second-order valence-corrected chi connectivity index (χ2v) is 9.28. The summed E-state index contributed by atoms with van der Waals surface area (Å²) < 4.78 is 6.05. The number of benzene rings is 1. The van der Waals surface area contributed by atoms with Crippen molar-refractivity contribution < 1.29 is 9.53 Å². The van der Waals surface area contributed by atoms with Crippen molar-refractivity contribution in [2.24, 2.45) is 0 Å². The summed E-state index contributed by atoms with van der Waals surface area (Å²) in [6.07, 6.45) is 0.906. The number of thiazole rings is 1. The van der Waals surface area contributed by atoms with E-state index in [4.69, 9.17) is 9.72 Å². The molecule has 2 aromatic heterocycles. The Hall–Kier alpha value is -2.18. The van der Waals surface area contributed by atoms with Gasteiger partial charge in [-0.25, -0.2) is 4.98 Å². The summed E-state index contributed by atoms with van der Waals surface area (Å²) in [6.45, 7) is 11.4. The Kier molecular flexibility index (Phi) is 7.09. The van der Waals surface area contributed by atoms with Crippen molar-refractivity contribution in [3.63, 3.8) is 0 Å². The van der Waals surface area contributed by atoms with E-state index in [1.165, 1.54) is 22.5 Å². The first-order valence-corrected chi connectivity index (χ1v) is 11.6. The van der Waals surface area contributed by atoms with Crippen molar-refractivity contribution in [1.82, 2.24) is 9.88 Å². The normalized spacial score (nSPS) is 12.0. The number of carbonyl (C=O) groups excluding carboxylic acids is 1. The van der Waals surface area contributed by atoms with Crippen molar-refractivity contribution in [1.29, 1.82) is 0 Å². The van der Waals surface area contributed by atoms with Gasteiger partial charge in [0, 0.05) is 11.4 Å². The number of hydrogen-bond donors (Lipinski definition) is 0. The van der Waals surface area contributed by atoms with Crippen molar-refractivity contribution >= 4 is 28.6 Å². The first kappa shape index (κ1) is 21.5. The molecule has 0 saturated heterocycles. The molecule has 3 aromatic rings. The highest BCUT2D eigenvalue weighted by molar-refractivity contribution is 7.12.